The van der Waals surface area contributed by atoms with Gasteiger partial charge in [0.05, 0.1) is 16.6 Å². The lowest BCUT2D eigenvalue weighted by Crippen LogP contribution is -2.68. The Kier molecular flexibility index (Phi) is 48.6. The summed E-state index contributed by atoms with van der Waals surface area (Å²) >= 11 is 0. The fourth-order valence-corrected chi connectivity index (χ4v) is 27.8. The third-order valence-electron chi connectivity index (χ3n) is 32.0. The van der Waals surface area contributed by atoms with Gasteiger partial charge in [-0.15, -0.1) is 0 Å². The van der Waals surface area contributed by atoms with Gasteiger partial charge in [-0.2, -0.15) is 0 Å². The molecule has 15 heteroatoms. The van der Waals surface area contributed by atoms with Gasteiger partial charge in [0.1, 0.15) is 28.6 Å². The van der Waals surface area contributed by atoms with Crippen LogP contribution in [0.5, 0.6) is 28.7 Å². The van der Waals surface area contributed by atoms with Crippen LogP contribution in [0.1, 0.15) is 609 Å². The molecule has 9 aliphatic heterocycles. The van der Waals surface area contributed by atoms with Crippen LogP contribution in [0.25, 0.3) is 0 Å². The van der Waals surface area contributed by atoms with Crippen molar-refractivity contribution in [1.29, 1.82) is 0 Å². The molecule has 3 atom stereocenters. The maximum absolute atomic E-state index is 14.5. The molecule has 3 unspecified atom stereocenters. The molecule has 3 N–H and O–H groups in total. The SMILES string of the molecule is CCCCCCCCCCCCCC1(CCCCCCCCCCCCC)OP2Oc3c(C45OP(O4)O5)c(O)c(C(C)(C)C45OP(O4)O5)c(c3C(CCCCCCCCCCCCC)(c3cc(C)c(O)c(C(C)(C)C)c3)C(CCCCCCCCCCCCC)(CCCCCCCCCCCCC)C1(CCCCCCCCCCCCC)c1cc(C)c(O)c(C(C)(C)C)c1)O2. The zero-order chi connectivity index (χ0) is 93.4. The van der Waals surface area contributed by atoms with Crippen molar-refractivity contribution in [3.63, 3.8) is 0 Å². The number of hydrogen-bond donors (Lipinski definition) is 3. The first-order valence-electron chi connectivity index (χ1n) is 56.1. The van der Waals surface area contributed by atoms with E-state index in [0.717, 1.165) is 181 Å². The predicted molar refractivity (Wildman–Crippen MR) is 552 cm³/mol. The van der Waals surface area contributed by atoms with E-state index in [2.05, 4.69) is 135 Å². The van der Waals surface area contributed by atoms with Crippen molar-refractivity contribution in [1.82, 2.24) is 0 Å². The molecule has 12 nitrogen and oxygen atoms in total. The first-order valence-corrected chi connectivity index (χ1v) is 59.4. The molecule has 0 radical (unpaired) electrons. The number of unbranched alkanes of at least 4 members (excludes halogenated alkanes) is 60. The first kappa shape index (κ1) is 111. The molecular weight excluding hydrogens is 1670 g/mol. The van der Waals surface area contributed by atoms with E-state index in [0.29, 0.717) is 40.5 Å². The van der Waals surface area contributed by atoms with Gasteiger partial charge in [-0.05, 0) is 116 Å². The van der Waals surface area contributed by atoms with Gasteiger partial charge < -0.3 is 24.4 Å². The Morgan fingerprint density at radius 1 is 0.269 bits per heavy atom. The van der Waals surface area contributed by atoms with Crippen molar-refractivity contribution in [3.05, 3.63) is 74.3 Å². The summed E-state index contributed by atoms with van der Waals surface area (Å²) in [6, 6.07) is 10.1. The molecule has 9 aliphatic rings. The Hall–Kier alpha value is -2.33. The lowest BCUT2D eigenvalue weighted by Gasteiger charge is -2.67. The third-order valence-corrected chi connectivity index (χ3v) is 35.5. The Labute approximate surface area is 803 Å². The summed E-state index contributed by atoms with van der Waals surface area (Å²) < 4.78 is 67.3. The van der Waals surface area contributed by atoms with Gasteiger partial charge in [0.25, 0.3) is 0 Å². The molecule has 6 saturated heterocycles. The Morgan fingerprint density at radius 2 is 0.538 bits per heavy atom. The average molecular weight is 1870 g/mol. The maximum Gasteiger partial charge on any atom is 0.463 e. The van der Waals surface area contributed by atoms with Crippen LogP contribution in [-0.2, 0) is 64.7 Å². The lowest BCUT2D eigenvalue weighted by molar-refractivity contribution is -0.439. The number of rotatable bonds is 77. The second kappa shape index (κ2) is 56.8. The highest BCUT2D eigenvalue weighted by molar-refractivity contribution is 7.45. The minimum Gasteiger partial charge on any atom is -0.507 e. The monoisotopic (exact) mass is 1870 g/mol. The summed E-state index contributed by atoms with van der Waals surface area (Å²) in [7, 11) is -5.69. The number of hydrogen-bond acceptors (Lipinski definition) is 12. The van der Waals surface area contributed by atoms with E-state index in [1.54, 1.807) is 0 Å². The normalized spacial score (nSPS) is 21.8. The second-order valence-corrected chi connectivity index (χ2v) is 47.8. The van der Waals surface area contributed by atoms with E-state index in [-0.39, 0.29) is 5.75 Å². The first-order chi connectivity index (χ1) is 62.8. The van der Waals surface area contributed by atoms with E-state index < -0.39 is 75.8 Å². The van der Waals surface area contributed by atoms with E-state index >= 15 is 0 Å². The smallest absolute Gasteiger partial charge is 0.463 e. The van der Waals surface area contributed by atoms with Crippen LogP contribution in [0.15, 0.2) is 24.3 Å². The summed E-state index contributed by atoms with van der Waals surface area (Å²) in [5.74, 6) is -1.67. The van der Waals surface area contributed by atoms with E-state index in [1.807, 2.05) is 0 Å². The number of benzene rings is 3. The number of aryl methyl sites for hydroxylation is 2. The predicted octanol–water partition coefficient (Wildman–Crippen LogP) is 39.8. The van der Waals surface area contributed by atoms with E-state index in [4.69, 9.17) is 36.2 Å². The molecule has 0 spiro atoms. The number of phenols is 3. The molecule has 0 amide bonds. The van der Waals surface area contributed by atoms with Gasteiger partial charge >= 0.3 is 37.8 Å². The van der Waals surface area contributed by atoms with Crippen molar-refractivity contribution in [2.75, 3.05) is 0 Å². The van der Waals surface area contributed by atoms with Crippen LogP contribution in [-0.4, -0.2) is 26.9 Å². The van der Waals surface area contributed by atoms with E-state index in [1.165, 1.54) is 314 Å². The fraction of sp³-hybridized carbons (Fsp3) is 0.843. The Balaban J connectivity index is 1.47. The summed E-state index contributed by atoms with van der Waals surface area (Å²) in [6.07, 6.45) is 85.5. The minimum absolute atomic E-state index is 0.0955. The van der Waals surface area contributed by atoms with Gasteiger partial charge in [0.2, 0.25) is 0 Å². The zero-order valence-corrected chi connectivity index (χ0v) is 89.8. The molecule has 9 heterocycles. The summed E-state index contributed by atoms with van der Waals surface area (Å²) in [4.78, 5) is 0. The van der Waals surface area contributed by atoms with Crippen molar-refractivity contribution in [2.24, 2.45) is 5.41 Å². The lowest BCUT2D eigenvalue weighted by atomic mass is 9.36. The summed E-state index contributed by atoms with van der Waals surface area (Å²) in [5, 5.41) is 41.4. The Morgan fingerprint density at radius 3 is 0.831 bits per heavy atom. The molecular formula is C115H199O12P3. The van der Waals surface area contributed by atoms with Gasteiger partial charge in [-0.25, -0.2) is 13.6 Å². The fourth-order valence-electron chi connectivity index (χ4n) is 24.2. The molecule has 8 bridgehead atoms. The van der Waals surface area contributed by atoms with Gasteiger partial charge in [-0.3, -0.25) is 18.1 Å². The van der Waals surface area contributed by atoms with Crippen LogP contribution < -0.4 is 9.05 Å². The molecule has 6 fully saturated rings. The van der Waals surface area contributed by atoms with Crippen molar-refractivity contribution < 1.29 is 56.0 Å². The molecule has 3 aromatic carbocycles. The van der Waals surface area contributed by atoms with Crippen LogP contribution >= 0.6 is 25.8 Å². The van der Waals surface area contributed by atoms with Crippen LogP contribution in [0.3, 0.4) is 0 Å². The van der Waals surface area contributed by atoms with Gasteiger partial charge in [0.15, 0.2) is 5.75 Å². The van der Waals surface area contributed by atoms with Crippen LogP contribution in [0.4, 0.5) is 0 Å². The summed E-state index contributed by atoms with van der Waals surface area (Å²) in [6.45, 7) is 36.6. The maximum atomic E-state index is 14.5. The quantitative estimate of drug-likeness (QED) is 0.0366. The zero-order valence-electron chi connectivity index (χ0n) is 87.1. The van der Waals surface area contributed by atoms with Crippen molar-refractivity contribution in [3.8, 4) is 28.7 Å². The highest BCUT2D eigenvalue weighted by Crippen LogP contribution is 2.85. The van der Waals surface area contributed by atoms with E-state index in [9.17, 15) is 19.8 Å². The van der Waals surface area contributed by atoms with Gasteiger partial charge in [0, 0.05) is 16.4 Å². The minimum atomic E-state index is -2.44. The molecule has 0 aliphatic carbocycles. The van der Waals surface area contributed by atoms with Crippen LogP contribution in [0, 0.1) is 19.3 Å². The summed E-state index contributed by atoms with van der Waals surface area (Å²) in [5.41, 5.74) is 1.72. The molecule has 3 aromatic rings. The average Bonchev–Trinajstić information content (AvgIpc) is 1.17. The van der Waals surface area contributed by atoms with Gasteiger partial charge in [-0.1, -0.05) is 531 Å². The highest BCUT2D eigenvalue weighted by atomic mass is 31.2. The van der Waals surface area contributed by atoms with Crippen LogP contribution in [0.2, 0.25) is 0 Å². The number of aromatic hydroxyl groups is 3. The molecule has 0 aromatic heterocycles. The second-order valence-electron chi connectivity index (χ2n) is 44.8. The molecule has 746 valence electrons. The molecule has 130 heavy (non-hydrogen) atoms. The van der Waals surface area contributed by atoms with Crippen molar-refractivity contribution in [2.45, 2.75) is 618 Å². The topological polar surface area (TPSA) is 144 Å². The Bertz CT molecular complexity index is 3570. The highest BCUT2D eigenvalue weighted by Gasteiger charge is 2.79. The molecule has 12 rings (SSSR count). The standard InChI is InChI=1S/C115H199O12P3/c1-17-23-29-35-41-47-53-59-65-71-77-83-110(84-78-72-66-60-54-48-42-36-30-24-18-2)112(87-81-75-69-63-57-51-45-39-33-27-21-5,95-89-93(7)102(116)97(91-95)107(9,10)11)101-105-99(109(15,16)115-125-130(126-115)127-115)104(118)100(114-122-129(123-114)124-114)106(101)120-128(119-105)121-111(85-79-73-67-61-55-49-43-37-31-25-19-3,86-80-74-68-62-56-50-44-38-32-26-20-4)113(110,88-82-76-70-64-58-52-46-40-34-28-22-6)96-90-94(8)103(117)98(92-96)108(12,13)14/h89-92,116-118H,17-88H2,1-16H3. The number of fused-ring (bicyclic) bond motifs is 4. The third kappa shape index (κ3) is 29.2. The molecule has 0 saturated carbocycles. The van der Waals surface area contributed by atoms with Crippen molar-refractivity contribution >= 4 is 25.8 Å². The largest absolute Gasteiger partial charge is 0.507 e. The number of phenolic OH excluding ortho intramolecular Hbond substituents is 3.